The van der Waals surface area contributed by atoms with Crippen molar-refractivity contribution in [1.29, 1.82) is 0 Å². The number of fused-ring (bicyclic) bond motifs is 1. The maximum atomic E-state index is 5.94. The third kappa shape index (κ3) is 1.29. The molecule has 1 aromatic heterocycles. The summed E-state index contributed by atoms with van der Waals surface area (Å²) in [7, 11) is 0. The van der Waals surface area contributed by atoms with Gasteiger partial charge in [-0.05, 0) is 52.4 Å². The van der Waals surface area contributed by atoms with Crippen LogP contribution in [0.15, 0.2) is 22.8 Å². The first-order valence-electron chi connectivity index (χ1n) is 4.72. The van der Waals surface area contributed by atoms with Gasteiger partial charge in [-0.25, -0.2) is 0 Å². The summed E-state index contributed by atoms with van der Waals surface area (Å²) in [5, 5.41) is 2.09. The fourth-order valence-electron chi connectivity index (χ4n) is 1.93. The second-order valence-electron chi connectivity index (χ2n) is 3.82. The van der Waals surface area contributed by atoms with E-state index in [1.807, 2.05) is 12.1 Å². The van der Waals surface area contributed by atoms with E-state index in [-0.39, 0.29) is 0 Å². The Kier molecular flexibility index (Phi) is 1.89. The number of halogens is 2. The molecule has 1 heterocycles. The van der Waals surface area contributed by atoms with Gasteiger partial charge >= 0.3 is 0 Å². The van der Waals surface area contributed by atoms with Gasteiger partial charge in [-0.2, -0.15) is 0 Å². The molecule has 3 heteroatoms. The molecule has 72 valence electrons. The van der Waals surface area contributed by atoms with Crippen LogP contribution in [0.2, 0.25) is 5.02 Å². The van der Waals surface area contributed by atoms with Gasteiger partial charge in [0.1, 0.15) is 0 Å². The molecule has 0 radical (unpaired) electrons. The zero-order valence-electron chi connectivity index (χ0n) is 7.48. The molecule has 2 aromatic rings. The summed E-state index contributed by atoms with van der Waals surface area (Å²) in [6.45, 7) is 0. The van der Waals surface area contributed by atoms with Crippen molar-refractivity contribution in [2.75, 3.05) is 0 Å². The smallest absolute Gasteiger partial charge is 0.0866 e. The second-order valence-corrected chi connectivity index (χ2v) is 5.05. The van der Waals surface area contributed by atoms with Gasteiger partial charge in [0.25, 0.3) is 0 Å². The van der Waals surface area contributed by atoms with Gasteiger partial charge in [-0.15, -0.1) is 0 Å². The van der Waals surface area contributed by atoms with Gasteiger partial charge in [0.05, 0.1) is 4.60 Å². The van der Waals surface area contributed by atoms with E-state index in [9.17, 15) is 0 Å². The number of nitrogens with one attached hydrogen (secondary N) is 1. The molecule has 0 spiro atoms. The van der Waals surface area contributed by atoms with Gasteiger partial charge in [0.15, 0.2) is 0 Å². The molecule has 3 rings (SSSR count). The third-order valence-electron chi connectivity index (χ3n) is 2.74. The lowest BCUT2D eigenvalue weighted by molar-refractivity contribution is 1.13. The summed E-state index contributed by atoms with van der Waals surface area (Å²) in [5.74, 6) is 0.749. The quantitative estimate of drug-likeness (QED) is 0.787. The number of hydrogen-bond acceptors (Lipinski definition) is 0. The minimum atomic E-state index is 0.749. The number of aromatic amines is 1. The predicted molar refractivity (Wildman–Crippen MR) is 63.0 cm³/mol. The average molecular weight is 271 g/mol. The van der Waals surface area contributed by atoms with E-state index in [2.05, 4.69) is 27.0 Å². The molecule has 1 N–H and O–H groups in total. The Bertz CT molecular complexity index is 499. The Morgan fingerprint density at radius 2 is 2.14 bits per heavy atom. The molecule has 1 saturated carbocycles. The minimum absolute atomic E-state index is 0.749. The van der Waals surface area contributed by atoms with E-state index in [4.69, 9.17) is 11.6 Å². The Morgan fingerprint density at radius 3 is 2.86 bits per heavy atom. The molecule has 1 aromatic carbocycles. The standard InChI is InChI=1S/C11H9BrClN/c12-11-10(6-1-2-6)8-4-3-7(13)5-9(8)14-11/h3-6,14H,1-2H2. The Balaban J connectivity index is 2.32. The van der Waals surface area contributed by atoms with Crippen molar-refractivity contribution in [3.05, 3.63) is 33.4 Å². The van der Waals surface area contributed by atoms with Gasteiger partial charge in [0, 0.05) is 15.9 Å². The van der Waals surface area contributed by atoms with Crippen molar-refractivity contribution in [2.24, 2.45) is 0 Å². The number of H-pyrrole nitrogens is 1. The monoisotopic (exact) mass is 269 g/mol. The Morgan fingerprint density at radius 1 is 1.36 bits per heavy atom. The molecule has 1 aliphatic rings. The van der Waals surface area contributed by atoms with Crippen LogP contribution in [-0.2, 0) is 0 Å². The van der Waals surface area contributed by atoms with Crippen LogP contribution in [-0.4, -0.2) is 4.98 Å². The summed E-state index contributed by atoms with van der Waals surface area (Å²) in [6, 6.07) is 6.04. The molecule has 0 saturated heterocycles. The van der Waals surface area contributed by atoms with E-state index in [1.54, 1.807) is 0 Å². The highest BCUT2D eigenvalue weighted by molar-refractivity contribution is 9.10. The number of hydrogen-bond donors (Lipinski definition) is 1. The first-order valence-corrected chi connectivity index (χ1v) is 5.89. The zero-order chi connectivity index (χ0) is 9.71. The Hall–Kier alpha value is -0.470. The molecule has 0 bridgehead atoms. The van der Waals surface area contributed by atoms with Crippen molar-refractivity contribution in [3.63, 3.8) is 0 Å². The van der Waals surface area contributed by atoms with Crippen LogP contribution in [0, 0.1) is 0 Å². The summed E-state index contributed by atoms with van der Waals surface area (Å²) in [5.41, 5.74) is 2.56. The number of benzene rings is 1. The molecule has 14 heavy (non-hydrogen) atoms. The topological polar surface area (TPSA) is 15.8 Å². The van der Waals surface area contributed by atoms with E-state index < -0.39 is 0 Å². The molecule has 0 aliphatic heterocycles. The molecule has 1 aliphatic carbocycles. The number of rotatable bonds is 1. The molecule has 1 nitrogen and oxygen atoms in total. The molecular weight excluding hydrogens is 261 g/mol. The van der Waals surface area contributed by atoms with Gasteiger partial charge in [-0.1, -0.05) is 17.7 Å². The largest absolute Gasteiger partial charge is 0.349 e. The van der Waals surface area contributed by atoms with Crippen LogP contribution in [0.1, 0.15) is 24.3 Å². The molecule has 0 unspecified atom stereocenters. The lowest BCUT2D eigenvalue weighted by Gasteiger charge is -1.95. The minimum Gasteiger partial charge on any atom is -0.349 e. The fraction of sp³-hybridized carbons (Fsp3) is 0.273. The lowest BCUT2D eigenvalue weighted by Crippen LogP contribution is -1.76. The lowest BCUT2D eigenvalue weighted by atomic mass is 10.1. The van der Waals surface area contributed by atoms with Crippen molar-refractivity contribution < 1.29 is 0 Å². The van der Waals surface area contributed by atoms with Crippen LogP contribution in [0.4, 0.5) is 0 Å². The normalized spacial score (nSPS) is 16.4. The first-order chi connectivity index (χ1) is 6.75. The summed E-state index contributed by atoms with van der Waals surface area (Å²) in [4.78, 5) is 3.32. The van der Waals surface area contributed by atoms with Gasteiger partial charge < -0.3 is 4.98 Å². The predicted octanol–water partition coefficient (Wildman–Crippen LogP) is 4.46. The highest BCUT2D eigenvalue weighted by Crippen LogP contribution is 2.46. The third-order valence-corrected chi connectivity index (χ3v) is 3.60. The fourth-order valence-corrected chi connectivity index (χ4v) is 2.85. The summed E-state index contributed by atoms with van der Waals surface area (Å²) < 4.78 is 1.12. The molecule has 0 amide bonds. The van der Waals surface area contributed by atoms with Crippen LogP contribution in [0.25, 0.3) is 10.9 Å². The highest BCUT2D eigenvalue weighted by atomic mass is 79.9. The van der Waals surface area contributed by atoms with Crippen LogP contribution >= 0.6 is 27.5 Å². The van der Waals surface area contributed by atoms with E-state index >= 15 is 0 Å². The average Bonchev–Trinajstić information content (AvgIpc) is 2.89. The first kappa shape index (κ1) is 8.81. The van der Waals surface area contributed by atoms with E-state index in [0.29, 0.717) is 0 Å². The maximum absolute atomic E-state index is 5.94. The van der Waals surface area contributed by atoms with Gasteiger partial charge in [-0.3, -0.25) is 0 Å². The molecule has 1 fully saturated rings. The molecular formula is C11H9BrClN. The highest BCUT2D eigenvalue weighted by Gasteiger charge is 2.28. The van der Waals surface area contributed by atoms with Gasteiger partial charge in [0.2, 0.25) is 0 Å². The van der Waals surface area contributed by atoms with Crippen LogP contribution < -0.4 is 0 Å². The van der Waals surface area contributed by atoms with Crippen LogP contribution in [0.3, 0.4) is 0 Å². The van der Waals surface area contributed by atoms with Crippen molar-refractivity contribution in [3.8, 4) is 0 Å². The van der Waals surface area contributed by atoms with E-state index in [0.717, 1.165) is 21.1 Å². The second kappa shape index (κ2) is 3.01. The number of aromatic nitrogens is 1. The zero-order valence-corrected chi connectivity index (χ0v) is 9.82. The Labute approximate surface area is 95.6 Å². The summed E-state index contributed by atoms with van der Waals surface area (Å²) >= 11 is 9.52. The van der Waals surface area contributed by atoms with E-state index in [1.165, 1.54) is 23.8 Å². The van der Waals surface area contributed by atoms with Crippen molar-refractivity contribution >= 4 is 38.4 Å². The molecule has 0 atom stereocenters. The SMILES string of the molecule is Clc1ccc2c(C3CC3)c(Br)[nH]c2c1. The maximum Gasteiger partial charge on any atom is 0.0866 e. The van der Waals surface area contributed by atoms with Crippen LogP contribution in [0.5, 0.6) is 0 Å². The van der Waals surface area contributed by atoms with Crippen molar-refractivity contribution in [1.82, 2.24) is 4.98 Å². The summed E-state index contributed by atoms with van der Waals surface area (Å²) in [6.07, 6.45) is 2.63. The van der Waals surface area contributed by atoms with Crippen molar-refractivity contribution in [2.45, 2.75) is 18.8 Å².